The lowest BCUT2D eigenvalue weighted by atomic mass is 10.0. The molecule has 0 aliphatic carbocycles. The maximum absolute atomic E-state index is 13.3. The first-order valence-corrected chi connectivity index (χ1v) is 12.9. The van der Waals surface area contributed by atoms with E-state index in [2.05, 4.69) is 20.9 Å². The molecule has 4 amide bonds. The van der Waals surface area contributed by atoms with E-state index in [1.165, 1.54) is 6.92 Å². The average molecular weight is 567 g/mol. The highest BCUT2D eigenvalue weighted by molar-refractivity contribution is 5.96. The number of carbonyl (C=O) groups excluding carboxylic acids is 4. The molecule has 10 N–H and O–H groups in total. The van der Waals surface area contributed by atoms with Crippen molar-refractivity contribution in [3.05, 3.63) is 71.9 Å². The number of aromatic nitrogens is 1. The normalized spacial score (nSPS) is 14.7. The number of nitrogens with one attached hydrogen (secondary N) is 4. The minimum Gasteiger partial charge on any atom is -0.480 e. The van der Waals surface area contributed by atoms with Gasteiger partial charge in [-0.15, -0.1) is 0 Å². The zero-order valence-corrected chi connectivity index (χ0v) is 22.4. The molecule has 5 unspecified atom stereocenters. The predicted octanol–water partition coefficient (Wildman–Crippen LogP) is -0.924. The summed E-state index contributed by atoms with van der Waals surface area (Å²) in [4.78, 5) is 65.9. The summed E-state index contributed by atoms with van der Waals surface area (Å²) >= 11 is 0. The summed E-state index contributed by atoms with van der Waals surface area (Å²) in [5.41, 5.74) is 13.1. The number of H-pyrrole nitrogens is 1. The maximum Gasteiger partial charge on any atom is 0.326 e. The van der Waals surface area contributed by atoms with Crippen molar-refractivity contribution in [2.24, 2.45) is 11.5 Å². The van der Waals surface area contributed by atoms with Crippen LogP contribution in [0.1, 0.15) is 24.5 Å². The van der Waals surface area contributed by atoms with Gasteiger partial charge < -0.3 is 42.6 Å². The van der Waals surface area contributed by atoms with Crippen LogP contribution < -0.4 is 27.4 Å². The number of carbonyl (C=O) groups is 5. The van der Waals surface area contributed by atoms with Crippen LogP contribution in [0.4, 0.5) is 0 Å². The Morgan fingerprint density at radius 2 is 1.41 bits per heavy atom. The van der Waals surface area contributed by atoms with E-state index < -0.39 is 66.3 Å². The number of aromatic amines is 1. The molecule has 0 aliphatic rings. The Hall–Kier alpha value is -4.75. The zero-order chi connectivity index (χ0) is 30.1. The number of hydrogen-bond acceptors (Lipinski definition) is 7. The Morgan fingerprint density at radius 3 is 2.05 bits per heavy atom. The van der Waals surface area contributed by atoms with E-state index in [-0.39, 0.29) is 12.8 Å². The second-order valence-corrected chi connectivity index (χ2v) is 9.71. The predicted molar refractivity (Wildman–Crippen MR) is 149 cm³/mol. The first-order valence-electron chi connectivity index (χ1n) is 12.9. The monoisotopic (exact) mass is 566 g/mol. The number of rotatable bonds is 14. The molecule has 1 heterocycles. The quantitative estimate of drug-likeness (QED) is 0.121. The Balaban J connectivity index is 1.79. The van der Waals surface area contributed by atoms with Gasteiger partial charge in [-0.1, -0.05) is 48.5 Å². The standard InChI is InChI=1S/C28H34N6O7/c1-15(35)24(30)27(39)33-20(11-16-7-3-2-4-8-16)25(37)32-21(13-23(29)36)26(38)34-22(28(40)41)12-17-14-31-19-10-6-5-9-18(17)19/h2-10,14-15,20-22,24,31,35H,11-13,30H2,1H3,(H2,29,36)(H,32,37)(H,33,39)(H,34,38)(H,40,41). The molecule has 0 aliphatic heterocycles. The number of carboxylic acid groups (broad SMARTS) is 1. The number of nitrogens with two attached hydrogens (primary N) is 2. The summed E-state index contributed by atoms with van der Waals surface area (Å²) in [6.45, 7) is 1.32. The van der Waals surface area contributed by atoms with E-state index >= 15 is 0 Å². The van der Waals surface area contributed by atoms with Gasteiger partial charge in [-0.2, -0.15) is 0 Å². The number of primary amides is 1. The summed E-state index contributed by atoms with van der Waals surface area (Å²) in [5, 5.41) is 27.5. The van der Waals surface area contributed by atoms with Gasteiger partial charge in [0.25, 0.3) is 0 Å². The van der Waals surface area contributed by atoms with Crippen LogP contribution in [0.5, 0.6) is 0 Å². The highest BCUT2D eigenvalue weighted by atomic mass is 16.4. The van der Waals surface area contributed by atoms with Crippen molar-refractivity contribution in [1.29, 1.82) is 0 Å². The molecular formula is C28H34N6O7. The third-order valence-electron chi connectivity index (χ3n) is 6.49. The van der Waals surface area contributed by atoms with E-state index in [4.69, 9.17) is 11.5 Å². The first-order chi connectivity index (χ1) is 19.5. The van der Waals surface area contributed by atoms with Gasteiger partial charge in [-0.05, 0) is 24.1 Å². The molecule has 5 atom stereocenters. The Bertz CT molecular complexity index is 1390. The molecule has 0 saturated carbocycles. The number of hydrogen-bond donors (Lipinski definition) is 8. The highest BCUT2D eigenvalue weighted by Gasteiger charge is 2.32. The van der Waals surface area contributed by atoms with Crippen molar-refractivity contribution < 1.29 is 34.2 Å². The van der Waals surface area contributed by atoms with Crippen molar-refractivity contribution in [1.82, 2.24) is 20.9 Å². The molecular weight excluding hydrogens is 532 g/mol. The lowest BCUT2D eigenvalue weighted by Gasteiger charge is -2.25. The fourth-order valence-corrected chi connectivity index (χ4v) is 4.22. The summed E-state index contributed by atoms with van der Waals surface area (Å²) in [6, 6.07) is 10.4. The third kappa shape index (κ3) is 8.62. The molecule has 218 valence electrons. The molecule has 3 rings (SSSR count). The van der Waals surface area contributed by atoms with Gasteiger partial charge in [0.2, 0.25) is 23.6 Å². The molecule has 0 spiro atoms. The average Bonchev–Trinajstić information content (AvgIpc) is 3.34. The fraction of sp³-hybridized carbons (Fsp3) is 0.321. The van der Waals surface area contributed by atoms with Gasteiger partial charge in [0.1, 0.15) is 24.2 Å². The van der Waals surface area contributed by atoms with Crippen molar-refractivity contribution >= 4 is 40.5 Å². The Kier molecular flexibility index (Phi) is 10.6. The van der Waals surface area contributed by atoms with E-state index in [9.17, 15) is 34.2 Å². The number of fused-ring (bicyclic) bond motifs is 1. The molecule has 2 aromatic carbocycles. The maximum atomic E-state index is 13.3. The lowest BCUT2D eigenvalue weighted by Crippen LogP contribution is -2.59. The van der Waals surface area contributed by atoms with Crippen molar-refractivity contribution in [2.75, 3.05) is 0 Å². The highest BCUT2D eigenvalue weighted by Crippen LogP contribution is 2.19. The minimum absolute atomic E-state index is 0.00579. The van der Waals surface area contributed by atoms with Gasteiger partial charge in [0.05, 0.1) is 12.5 Å². The van der Waals surface area contributed by atoms with Crippen LogP contribution in [-0.4, -0.2) is 75.1 Å². The summed E-state index contributed by atoms with van der Waals surface area (Å²) < 4.78 is 0. The number of aliphatic hydroxyl groups is 1. The van der Waals surface area contributed by atoms with Gasteiger partial charge in [-0.25, -0.2) is 4.79 Å². The summed E-state index contributed by atoms with van der Waals surface area (Å²) in [6.07, 6.45) is -0.269. The van der Waals surface area contributed by atoms with Crippen LogP contribution >= 0.6 is 0 Å². The Labute approximate surface area is 235 Å². The fourth-order valence-electron chi connectivity index (χ4n) is 4.22. The number of aliphatic carboxylic acids is 1. The molecule has 1 aromatic heterocycles. The number of benzene rings is 2. The van der Waals surface area contributed by atoms with Gasteiger partial charge in [0.15, 0.2) is 0 Å². The van der Waals surface area contributed by atoms with Gasteiger partial charge in [0, 0.05) is 29.9 Å². The molecule has 13 nitrogen and oxygen atoms in total. The first kappa shape index (κ1) is 30.8. The second-order valence-electron chi connectivity index (χ2n) is 9.71. The topological polar surface area (TPSA) is 230 Å². The zero-order valence-electron chi connectivity index (χ0n) is 22.4. The molecule has 0 saturated heterocycles. The number of carboxylic acids is 1. The van der Waals surface area contributed by atoms with Crippen molar-refractivity contribution in [2.45, 2.75) is 56.5 Å². The molecule has 0 bridgehead atoms. The van der Waals surface area contributed by atoms with Crippen LogP contribution in [0.3, 0.4) is 0 Å². The molecule has 0 fully saturated rings. The van der Waals surface area contributed by atoms with E-state index in [1.807, 2.05) is 18.2 Å². The van der Waals surface area contributed by atoms with Crippen LogP contribution in [0.15, 0.2) is 60.8 Å². The third-order valence-corrected chi connectivity index (χ3v) is 6.49. The van der Waals surface area contributed by atoms with Gasteiger partial charge >= 0.3 is 5.97 Å². The van der Waals surface area contributed by atoms with E-state index in [0.29, 0.717) is 11.1 Å². The molecule has 13 heteroatoms. The molecule has 3 aromatic rings. The van der Waals surface area contributed by atoms with Gasteiger partial charge in [-0.3, -0.25) is 19.2 Å². The summed E-state index contributed by atoms with van der Waals surface area (Å²) in [5.74, 6) is -4.85. The van der Waals surface area contributed by atoms with Crippen LogP contribution in [-0.2, 0) is 36.8 Å². The molecule has 0 radical (unpaired) electrons. The van der Waals surface area contributed by atoms with Crippen LogP contribution in [0.25, 0.3) is 10.9 Å². The van der Waals surface area contributed by atoms with Crippen molar-refractivity contribution in [3.8, 4) is 0 Å². The number of amides is 4. The number of para-hydroxylation sites is 1. The van der Waals surface area contributed by atoms with Crippen LogP contribution in [0.2, 0.25) is 0 Å². The summed E-state index contributed by atoms with van der Waals surface area (Å²) in [7, 11) is 0. The molecule has 41 heavy (non-hydrogen) atoms. The number of aliphatic hydroxyl groups excluding tert-OH is 1. The van der Waals surface area contributed by atoms with E-state index in [0.717, 1.165) is 10.9 Å². The van der Waals surface area contributed by atoms with E-state index in [1.54, 1.807) is 42.6 Å². The van der Waals surface area contributed by atoms with Crippen LogP contribution in [0, 0.1) is 0 Å². The SMILES string of the molecule is CC(O)C(N)C(=O)NC(Cc1ccccc1)C(=O)NC(CC(N)=O)C(=O)NC(Cc1c[nH]c2ccccc12)C(=O)O. The Morgan fingerprint density at radius 1 is 0.829 bits per heavy atom. The largest absolute Gasteiger partial charge is 0.480 e. The lowest BCUT2D eigenvalue weighted by molar-refractivity contribution is -0.142. The minimum atomic E-state index is -1.54. The smallest absolute Gasteiger partial charge is 0.326 e. The second kappa shape index (κ2) is 14.1. The van der Waals surface area contributed by atoms with Crippen molar-refractivity contribution in [3.63, 3.8) is 0 Å².